The lowest BCUT2D eigenvalue weighted by molar-refractivity contribution is 0.0352. The Labute approximate surface area is 195 Å². The zero-order valence-corrected chi connectivity index (χ0v) is 18.7. The zero-order chi connectivity index (χ0) is 22.4. The number of para-hydroxylation sites is 1. The molecule has 1 amide bonds. The van der Waals surface area contributed by atoms with Crippen LogP contribution in [0.25, 0.3) is 0 Å². The van der Waals surface area contributed by atoms with Gasteiger partial charge in [-0.15, -0.1) is 0 Å². The van der Waals surface area contributed by atoms with Gasteiger partial charge in [-0.2, -0.15) is 0 Å². The Morgan fingerprint density at radius 2 is 1.77 bits per heavy atom. The van der Waals surface area contributed by atoms with Crippen molar-refractivity contribution in [2.75, 3.05) is 23.8 Å². The van der Waals surface area contributed by atoms with Crippen molar-refractivity contribution in [1.82, 2.24) is 5.48 Å². The van der Waals surface area contributed by atoms with Gasteiger partial charge in [-0.25, -0.2) is 18.7 Å². The fourth-order valence-corrected chi connectivity index (χ4v) is 3.50. The molecule has 3 rings (SSSR count). The summed E-state index contributed by atoms with van der Waals surface area (Å²) in [6.07, 6.45) is 0. The van der Waals surface area contributed by atoms with Crippen LogP contribution in [0.2, 0.25) is 5.02 Å². The fourth-order valence-electron chi connectivity index (χ4n) is 2.60. The van der Waals surface area contributed by atoms with Gasteiger partial charge in [0.05, 0.1) is 28.6 Å². The smallest absolute Gasteiger partial charge is 0.277 e. The maximum absolute atomic E-state index is 14.5. The molecule has 0 atom stereocenters. The third-order valence-electron chi connectivity index (χ3n) is 4.07. The van der Waals surface area contributed by atoms with E-state index in [0.29, 0.717) is 12.6 Å². The van der Waals surface area contributed by atoms with Gasteiger partial charge in [0.25, 0.3) is 5.91 Å². The van der Waals surface area contributed by atoms with Crippen LogP contribution in [0.1, 0.15) is 10.4 Å². The summed E-state index contributed by atoms with van der Waals surface area (Å²) in [6.45, 7) is 0.429. The number of nitrogens with one attached hydrogen (secondary N) is 3. The van der Waals surface area contributed by atoms with E-state index in [0.717, 1.165) is 9.26 Å². The molecule has 10 heteroatoms. The number of hydrogen-bond donors (Lipinski definition) is 3. The monoisotopic (exact) mass is 561 g/mol. The van der Waals surface area contributed by atoms with Gasteiger partial charge in [-0.3, -0.25) is 9.63 Å². The average Bonchev–Trinajstić information content (AvgIpc) is 2.75. The Balaban J connectivity index is 1.71. The maximum Gasteiger partial charge on any atom is 0.277 e. The first-order valence-electron chi connectivity index (χ1n) is 8.97. The lowest BCUT2D eigenvalue weighted by atomic mass is 10.1. The van der Waals surface area contributed by atoms with Crippen molar-refractivity contribution < 1.29 is 22.8 Å². The first-order chi connectivity index (χ1) is 14.9. The van der Waals surface area contributed by atoms with Crippen molar-refractivity contribution >= 4 is 57.2 Å². The molecule has 162 valence electrons. The molecule has 3 aromatic carbocycles. The van der Waals surface area contributed by atoms with E-state index >= 15 is 0 Å². The summed E-state index contributed by atoms with van der Waals surface area (Å²) in [5, 5.41) is 5.84. The molecule has 0 aliphatic heterocycles. The molecule has 31 heavy (non-hydrogen) atoms. The van der Waals surface area contributed by atoms with Crippen LogP contribution in [-0.4, -0.2) is 19.1 Å². The number of rotatable bonds is 8. The SMILES string of the molecule is O=C(NOCCNc1ccccc1)c1cc(F)c(F)c(F)c1Nc1ccc(I)cc1Cl. The summed E-state index contributed by atoms with van der Waals surface area (Å²) in [5.74, 6) is -5.73. The largest absolute Gasteiger partial charge is 0.383 e. The van der Waals surface area contributed by atoms with Gasteiger partial charge >= 0.3 is 0 Å². The van der Waals surface area contributed by atoms with Crippen molar-refractivity contribution in [3.05, 3.63) is 86.2 Å². The predicted molar refractivity (Wildman–Crippen MR) is 122 cm³/mol. The van der Waals surface area contributed by atoms with E-state index in [1.807, 2.05) is 52.9 Å². The second kappa shape index (κ2) is 10.7. The highest BCUT2D eigenvalue weighted by Gasteiger charge is 2.24. The molecule has 0 spiro atoms. The van der Waals surface area contributed by atoms with E-state index in [1.165, 1.54) is 6.07 Å². The van der Waals surface area contributed by atoms with Gasteiger partial charge < -0.3 is 10.6 Å². The molecule has 0 aliphatic carbocycles. The van der Waals surface area contributed by atoms with Crippen LogP contribution in [0.15, 0.2) is 54.6 Å². The Morgan fingerprint density at radius 1 is 1.03 bits per heavy atom. The van der Waals surface area contributed by atoms with Crippen LogP contribution < -0.4 is 16.1 Å². The van der Waals surface area contributed by atoms with E-state index < -0.39 is 34.6 Å². The first-order valence-corrected chi connectivity index (χ1v) is 10.4. The topological polar surface area (TPSA) is 62.4 Å². The van der Waals surface area contributed by atoms with Crippen molar-refractivity contribution in [3.63, 3.8) is 0 Å². The average molecular weight is 562 g/mol. The third kappa shape index (κ3) is 6.02. The Kier molecular flexibility index (Phi) is 7.99. The maximum atomic E-state index is 14.5. The molecule has 5 nitrogen and oxygen atoms in total. The second-order valence-corrected chi connectivity index (χ2v) is 7.88. The van der Waals surface area contributed by atoms with E-state index in [-0.39, 0.29) is 17.3 Å². The zero-order valence-electron chi connectivity index (χ0n) is 15.8. The van der Waals surface area contributed by atoms with Crippen molar-refractivity contribution in [3.8, 4) is 0 Å². The lowest BCUT2D eigenvalue weighted by Crippen LogP contribution is -2.27. The molecule has 0 fully saturated rings. The van der Waals surface area contributed by atoms with Gasteiger partial charge in [0.15, 0.2) is 17.5 Å². The Bertz CT molecular complexity index is 1090. The van der Waals surface area contributed by atoms with Gasteiger partial charge in [-0.1, -0.05) is 29.8 Å². The molecule has 3 N–H and O–H groups in total. The van der Waals surface area contributed by atoms with Crippen LogP contribution in [0.3, 0.4) is 0 Å². The van der Waals surface area contributed by atoms with Crippen LogP contribution in [0, 0.1) is 21.0 Å². The number of anilines is 3. The number of halogens is 5. The second-order valence-electron chi connectivity index (χ2n) is 6.23. The summed E-state index contributed by atoms with van der Waals surface area (Å²) in [4.78, 5) is 17.5. The summed E-state index contributed by atoms with van der Waals surface area (Å²) in [6, 6.07) is 14.7. The number of hydroxylamine groups is 1. The lowest BCUT2D eigenvalue weighted by Gasteiger charge is -2.15. The van der Waals surface area contributed by atoms with Crippen LogP contribution in [0.5, 0.6) is 0 Å². The van der Waals surface area contributed by atoms with Crippen LogP contribution in [0.4, 0.5) is 30.2 Å². The summed E-state index contributed by atoms with van der Waals surface area (Å²) < 4.78 is 42.9. The summed E-state index contributed by atoms with van der Waals surface area (Å²) in [7, 11) is 0. The molecule has 0 aliphatic rings. The Morgan fingerprint density at radius 3 is 2.48 bits per heavy atom. The molecule has 0 unspecified atom stereocenters. The Hall–Kier alpha value is -2.50. The van der Waals surface area contributed by atoms with Gasteiger partial charge in [0, 0.05) is 15.8 Å². The molecule has 0 saturated heterocycles. The standard InChI is InChI=1S/C21H16ClF3IN3O2/c22-15-10-12(26)6-7-17(15)28-20-14(11-16(23)18(24)19(20)25)21(30)29-31-9-8-27-13-4-2-1-3-5-13/h1-7,10-11,27-28H,8-9H2,(H,29,30). The minimum absolute atomic E-state index is 0.0680. The highest BCUT2D eigenvalue weighted by Crippen LogP contribution is 2.32. The highest BCUT2D eigenvalue weighted by atomic mass is 127. The fraction of sp³-hybridized carbons (Fsp3) is 0.0952. The molecular weight excluding hydrogens is 546 g/mol. The van der Waals surface area contributed by atoms with E-state index in [4.69, 9.17) is 16.4 Å². The van der Waals surface area contributed by atoms with Crippen LogP contribution >= 0.6 is 34.2 Å². The normalized spacial score (nSPS) is 10.6. The molecular formula is C21H16ClF3IN3O2. The quantitative estimate of drug-likeness (QED) is 0.139. The molecule has 0 heterocycles. The van der Waals surface area contributed by atoms with Crippen molar-refractivity contribution in [1.29, 1.82) is 0 Å². The van der Waals surface area contributed by atoms with Crippen molar-refractivity contribution in [2.45, 2.75) is 0 Å². The van der Waals surface area contributed by atoms with E-state index in [1.54, 1.807) is 12.1 Å². The van der Waals surface area contributed by atoms with Gasteiger partial charge in [0.2, 0.25) is 0 Å². The number of hydrogen-bond acceptors (Lipinski definition) is 4. The summed E-state index contributed by atoms with van der Waals surface area (Å²) >= 11 is 8.14. The number of carbonyl (C=O) groups excluding carboxylic acids is 1. The van der Waals surface area contributed by atoms with E-state index in [2.05, 4.69) is 16.1 Å². The van der Waals surface area contributed by atoms with Crippen molar-refractivity contribution in [2.24, 2.45) is 0 Å². The third-order valence-corrected chi connectivity index (χ3v) is 5.05. The van der Waals surface area contributed by atoms with E-state index in [9.17, 15) is 18.0 Å². The molecule has 0 aromatic heterocycles. The number of benzene rings is 3. The molecule has 0 saturated carbocycles. The van der Waals surface area contributed by atoms with Gasteiger partial charge in [0.1, 0.15) is 0 Å². The van der Waals surface area contributed by atoms with Gasteiger partial charge in [-0.05, 0) is 59.0 Å². The molecule has 3 aromatic rings. The minimum atomic E-state index is -1.71. The molecule has 0 radical (unpaired) electrons. The molecule has 0 bridgehead atoms. The number of carbonyl (C=O) groups is 1. The highest BCUT2D eigenvalue weighted by molar-refractivity contribution is 14.1. The number of amides is 1. The summed E-state index contributed by atoms with van der Waals surface area (Å²) in [5.41, 5.74) is 2.13. The first kappa shape index (κ1) is 23.2. The minimum Gasteiger partial charge on any atom is -0.383 e. The van der Waals surface area contributed by atoms with Crippen LogP contribution in [-0.2, 0) is 4.84 Å². The predicted octanol–water partition coefficient (Wildman–Crippen LogP) is 5.88.